The third-order valence-electron chi connectivity index (χ3n) is 8.02. The monoisotopic (exact) mass is 499 g/mol. The van der Waals surface area contributed by atoms with Crippen LogP contribution in [0.1, 0.15) is 0 Å². The summed E-state index contributed by atoms with van der Waals surface area (Å²) in [7, 11) is 0. The molecule has 0 aliphatic heterocycles. The first-order valence-electron chi connectivity index (χ1n) is 13.2. The third-order valence-corrected chi connectivity index (χ3v) is 8.02. The van der Waals surface area contributed by atoms with Crippen LogP contribution in [0, 0.1) is 0 Å². The number of nitrogens with zero attached hydrogens (tertiary/aromatic N) is 1. The number of furan rings is 1. The van der Waals surface area contributed by atoms with Gasteiger partial charge in [0.15, 0.2) is 0 Å². The lowest BCUT2D eigenvalue weighted by atomic mass is 10.0. The van der Waals surface area contributed by atoms with Gasteiger partial charge >= 0.3 is 0 Å². The standard InChI is InChI=1S/C36H21NO2/c1-3-15-31-25(8-1)27-11-6-13-29-34(27)35-30(14-7-17-33(35)38-31)37(29)23-20-18-22(19-21-23)24-10-5-12-28-26-9-2-4-16-32(26)39-36(24)28/h1-21H. The van der Waals surface area contributed by atoms with Gasteiger partial charge in [0.2, 0.25) is 0 Å². The van der Waals surface area contributed by atoms with Crippen LogP contribution in [0.25, 0.3) is 82.5 Å². The molecule has 0 aliphatic carbocycles. The van der Waals surface area contributed by atoms with Crippen molar-refractivity contribution in [1.82, 2.24) is 4.57 Å². The Morgan fingerprint density at radius 1 is 0.410 bits per heavy atom. The molecular weight excluding hydrogens is 478 g/mol. The first kappa shape index (κ1) is 20.7. The zero-order valence-electron chi connectivity index (χ0n) is 20.9. The van der Waals surface area contributed by atoms with Gasteiger partial charge in [-0.3, -0.25) is 0 Å². The van der Waals surface area contributed by atoms with Gasteiger partial charge in [-0.1, -0.05) is 84.9 Å². The Labute approximate surface area is 223 Å². The van der Waals surface area contributed by atoms with Crippen LogP contribution >= 0.6 is 0 Å². The van der Waals surface area contributed by atoms with Gasteiger partial charge in [0.05, 0.1) is 16.4 Å². The van der Waals surface area contributed by atoms with E-state index >= 15 is 0 Å². The molecule has 0 saturated heterocycles. The molecule has 0 spiro atoms. The Morgan fingerprint density at radius 3 is 1.82 bits per heavy atom. The van der Waals surface area contributed by atoms with Crippen LogP contribution in [0.3, 0.4) is 0 Å². The molecule has 39 heavy (non-hydrogen) atoms. The van der Waals surface area contributed by atoms with Crippen molar-refractivity contribution < 1.29 is 8.83 Å². The summed E-state index contributed by atoms with van der Waals surface area (Å²) in [5, 5.41) is 6.98. The van der Waals surface area contributed by atoms with E-state index < -0.39 is 0 Å². The maximum atomic E-state index is 6.49. The van der Waals surface area contributed by atoms with E-state index in [0.29, 0.717) is 0 Å². The first-order chi connectivity index (χ1) is 19.3. The largest absolute Gasteiger partial charge is 0.456 e. The van der Waals surface area contributed by atoms with Crippen LogP contribution < -0.4 is 0 Å². The number of fused-ring (bicyclic) bond motifs is 5. The normalized spacial score (nSPS) is 12.1. The van der Waals surface area contributed by atoms with Gasteiger partial charge in [-0.2, -0.15) is 0 Å². The van der Waals surface area contributed by atoms with Crippen LogP contribution in [0.5, 0.6) is 0 Å². The summed E-state index contributed by atoms with van der Waals surface area (Å²) in [5.74, 6) is 0. The van der Waals surface area contributed by atoms with Gasteiger partial charge in [-0.15, -0.1) is 0 Å². The Kier molecular flexibility index (Phi) is 4.05. The maximum absolute atomic E-state index is 6.49. The Morgan fingerprint density at radius 2 is 1.00 bits per heavy atom. The van der Waals surface area contributed by atoms with E-state index in [1.54, 1.807) is 0 Å². The van der Waals surface area contributed by atoms with Crippen molar-refractivity contribution >= 4 is 65.7 Å². The highest BCUT2D eigenvalue weighted by Crippen LogP contribution is 2.41. The summed E-state index contributed by atoms with van der Waals surface area (Å²) in [4.78, 5) is 0. The number of hydrogen-bond donors (Lipinski definition) is 0. The number of benzene rings is 6. The van der Waals surface area contributed by atoms with Gasteiger partial charge in [-0.25, -0.2) is 0 Å². The highest BCUT2D eigenvalue weighted by molar-refractivity contribution is 6.26. The molecule has 3 nitrogen and oxygen atoms in total. The SMILES string of the molecule is c1ccc2c(c1)oc1c(-c3ccc(-n4c5cccc6oc7ccccc7c7cccc4c7c65)cc3)cccc12. The van der Waals surface area contributed by atoms with Crippen molar-refractivity contribution in [2.24, 2.45) is 0 Å². The Bertz CT molecular complexity index is 2380. The minimum atomic E-state index is 0.891. The van der Waals surface area contributed by atoms with Gasteiger partial charge in [0.25, 0.3) is 0 Å². The molecule has 3 aromatic heterocycles. The van der Waals surface area contributed by atoms with Crippen molar-refractivity contribution in [2.45, 2.75) is 0 Å². The van der Waals surface area contributed by atoms with Crippen LogP contribution in [-0.2, 0) is 0 Å². The predicted octanol–water partition coefficient (Wildman–Crippen LogP) is 10.2. The summed E-state index contributed by atoms with van der Waals surface area (Å²) in [5.41, 5.74) is 9.27. The van der Waals surface area contributed by atoms with E-state index in [9.17, 15) is 0 Å². The predicted molar refractivity (Wildman–Crippen MR) is 161 cm³/mol. The van der Waals surface area contributed by atoms with E-state index in [1.165, 1.54) is 16.3 Å². The molecule has 0 bridgehead atoms. The molecule has 0 aliphatic rings. The van der Waals surface area contributed by atoms with E-state index in [4.69, 9.17) is 8.83 Å². The van der Waals surface area contributed by atoms with Crippen molar-refractivity contribution in [3.63, 3.8) is 0 Å². The van der Waals surface area contributed by atoms with Gasteiger partial charge in [-0.05, 0) is 53.4 Å². The summed E-state index contributed by atoms with van der Waals surface area (Å²) in [6.45, 7) is 0. The topological polar surface area (TPSA) is 31.2 Å². The molecule has 6 aromatic carbocycles. The Balaban J connectivity index is 1.29. The summed E-state index contributed by atoms with van der Waals surface area (Å²) >= 11 is 0. The smallest absolute Gasteiger partial charge is 0.143 e. The molecule has 0 fully saturated rings. The minimum Gasteiger partial charge on any atom is -0.456 e. The Hall–Kier alpha value is -5.28. The fourth-order valence-corrected chi connectivity index (χ4v) is 6.32. The molecule has 182 valence electrons. The molecule has 0 atom stereocenters. The number of para-hydroxylation sites is 3. The quantitative estimate of drug-likeness (QED) is 0.237. The highest BCUT2D eigenvalue weighted by atomic mass is 16.3. The first-order valence-corrected chi connectivity index (χ1v) is 13.2. The number of aromatic nitrogens is 1. The highest BCUT2D eigenvalue weighted by Gasteiger charge is 2.19. The lowest BCUT2D eigenvalue weighted by molar-refractivity contribution is 0.664. The molecule has 0 radical (unpaired) electrons. The zero-order valence-corrected chi connectivity index (χ0v) is 20.9. The van der Waals surface area contributed by atoms with Crippen molar-refractivity contribution in [3.05, 3.63) is 127 Å². The second-order valence-electron chi connectivity index (χ2n) is 10.1. The molecular formula is C36H21NO2. The molecule has 3 heteroatoms. The molecule has 9 rings (SSSR count). The van der Waals surface area contributed by atoms with Crippen molar-refractivity contribution in [3.8, 4) is 16.8 Å². The number of rotatable bonds is 2. The van der Waals surface area contributed by atoms with E-state index in [1.807, 2.05) is 24.3 Å². The lowest BCUT2D eigenvalue weighted by Crippen LogP contribution is -1.93. The van der Waals surface area contributed by atoms with E-state index in [2.05, 4.69) is 108 Å². The molecule has 0 saturated carbocycles. The second kappa shape index (κ2) is 7.62. The van der Waals surface area contributed by atoms with Crippen LogP contribution in [0.4, 0.5) is 0 Å². The molecule has 0 amide bonds. The van der Waals surface area contributed by atoms with Gasteiger partial charge in [0, 0.05) is 32.8 Å². The van der Waals surface area contributed by atoms with E-state index in [0.717, 1.165) is 66.2 Å². The zero-order chi connectivity index (χ0) is 25.5. The van der Waals surface area contributed by atoms with Crippen LogP contribution in [-0.4, -0.2) is 4.57 Å². The van der Waals surface area contributed by atoms with Crippen LogP contribution in [0.15, 0.2) is 136 Å². The molecule has 9 aromatic rings. The van der Waals surface area contributed by atoms with E-state index in [-0.39, 0.29) is 0 Å². The maximum Gasteiger partial charge on any atom is 0.143 e. The lowest BCUT2D eigenvalue weighted by Gasteiger charge is -2.10. The molecule has 3 heterocycles. The average Bonchev–Trinajstić information content (AvgIpc) is 3.49. The summed E-state index contributed by atoms with van der Waals surface area (Å²) in [6, 6.07) is 44.6. The fraction of sp³-hybridized carbons (Fsp3) is 0. The second-order valence-corrected chi connectivity index (χ2v) is 10.1. The molecule has 0 N–H and O–H groups in total. The minimum absolute atomic E-state index is 0.891. The summed E-state index contributed by atoms with van der Waals surface area (Å²) in [6.07, 6.45) is 0. The third kappa shape index (κ3) is 2.82. The average molecular weight is 500 g/mol. The summed E-state index contributed by atoms with van der Waals surface area (Å²) < 4.78 is 15.1. The van der Waals surface area contributed by atoms with Gasteiger partial charge in [0.1, 0.15) is 22.3 Å². The van der Waals surface area contributed by atoms with Crippen molar-refractivity contribution in [1.29, 1.82) is 0 Å². The van der Waals surface area contributed by atoms with Gasteiger partial charge < -0.3 is 13.4 Å². The van der Waals surface area contributed by atoms with Crippen LogP contribution in [0.2, 0.25) is 0 Å². The fourth-order valence-electron chi connectivity index (χ4n) is 6.32. The molecule has 0 unspecified atom stereocenters. The van der Waals surface area contributed by atoms with Crippen molar-refractivity contribution in [2.75, 3.05) is 0 Å². The number of hydrogen-bond acceptors (Lipinski definition) is 2.